The molecule has 0 heterocycles. The average molecular weight is 463 g/mol. The van der Waals surface area contributed by atoms with Gasteiger partial charge < -0.3 is 33.9 Å². The number of benzene rings is 2. The molecule has 7 heteroatoms. The number of hydrogen-bond donors (Lipinski definition) is 2. The predicted molar refractivity (Wildman–Crippen MR) is 126 cm³/mol. The van der Waals surface area contributed by atoms with Gasteiger partial charge in [0, 0.05) is 0 Å². The van der Waals surface area contributed by atoms with E-state index in [2.05, 4.69) is 0 Å². The van der Waals surface area contributed by atoms with Crippen LogP contribution in [0, 0.1) is 0 Å². The maximum Gasteiger partial charge on any atom is 0.108 e. The molecule has 184 valence electrons. The van der Waals surface area contributed by atoms with E-state index >= 15 is 0 Å². The molecule has 0 saturated heterocycles. The minimum absolute atomic E-state index is 0.160. The minimum atomic E-state index is -1.06. The molecule has 0 aliphatic carbocycles. The van der Waals surface area contributed by atoms with Crippen molar-refractivity contribution in [3.63, 3.8) is 0 Å². The molecule has 2 aromatic rings. The molecule has 0 amide bonds. The minimum Gasteiger partial charge on any atom is -0.385 e. The third-order valence-electron chi connectivity index (χ3n) is 4.62. The Hall–Kier alpha value is -1.84. The molecular formula is C26H38O7. The van der Waals surface area contributed by atoms with Gasteiger partial charge in [-0.2, -0.15) is 0 Å². The van der Waals surface area contributed by atoms with Crippen LogP contribution in [0.1, 0.15) is 25.0 Å². The summed E-state index contributed by atoms with van der Waals surface area (Å²) in [6.07, 6.45) is 0. The zero-order valence-corrected chi connectivity index (χ0v) is 19.8. The van der Waals surface area contributed by atoms with E-state index in [1.54, 1.807) is 13.8 Å². The number of aliphatic hydroxyl groups is 2. The van der Waals surface area contributed by atoms with Crippen LogP contribution in [0.25, 0.3) is 0 Å². The van der Waals surface area contributed by atoms with Gasteiger partial charge in [0.25, 0.3) is 0 Å². The Balaban J connectivity index is 1.42. The normalized spacial score (nSPS) is 15.2. The summed E-state index contributed by atoms with van der Waals surface area (Å²) in [5, 5.41) is 20.6. The second-order valence-corrected chi connectivity index (χ2v) is 8.67. The van der Waals surface area contributed by atoms with Crippen LogP contribution < -0.4 is 0 Å². The Bertz CT molecular complexity index is 671. The molecule has 0 aliphatic rings. The first-order valence-electron chi connectivity index (χ1n) is 11.3. The van der Waals surface area contributed by atoms with Crippen LogP contribution in [0.5, 0.6) is 0 Å². The molecule has 2 aromatic carbocycles. The highest BCUT2D eigenvalue weighted by molar-refractivity contribution is 5.14. The zero-order chi connectivity index (χ0) is 23.8. The summed E-state index contributed by atoms with van der Waals surface area (Å²) < 4.78 is 27.6. The highest BCUT2D eigenvalue weighted by atomic mass is 16.6. The van der Waals surface area contributed by atoms with Crippen molar-refractivity contribution in [3.8, 4) is 0 Å². The smallest absolute Gasteiger partial charge is 0.108 e. The number of rotatable bonds is 18. The summed E-state index contributed by atoms with van der Waals surface area (Å²) in [4.78, 5) is 0. The fourth-order valence-corrected chi connectivity index (χ4v) is 2.93. The lowest BCUT2D eigenvalue weighted by Crippen LogP contribution is -2.37. The third-order valence-corrected chi connectivity index (χ3v) is 4.62. The van der Waals surface area contributed by atoms with Crippen LogP contribution in [0.4, 0.5) is 0 Å². The predicted octanol–water partition coefficient (Wildman–Crippen LogP) is 2.97. The van der Waals surface area contributed by atoms with Gasteiger partial charge >= 0.3 is 0 Å². The lowest BCUT2D eigenvalue weighted by atomic mass is 10.1. The molecule has 0 bridgehead atoms. The summed E-state index contributed by atoms with van der Waals surface area (Å²) >= 11 is 0. The fourth-order valence-electron chi connectivity index (χ4n) is 2.93. The van der Waals surface area contributed by atoms with Gasteiger partial charge in [-0.15, -0.1) is 0 Å². The molecule has 0 spiro atoms. The molecular weight excluding hydrogens is 424 g/mol. The van der Waals surface area contributed by atoms with Crippen LogP contribution in [0.15, 0.2) is 60.7 Å². The Morgan fingerprint density at radius 1 is 0.515 bits per heavy atom. The van der Waals surface area contributed by atoms with E-state index in [1.165, 1.54) is 0 Å². The topological polar surface area (TPSA) is 86.6 Å². The van der Waals surface area contributed by atoms with Gasteiger partial charge in [0.15, 0.2) is 0 Å². The van der Waals surface area contributed by atoms with E-state index in [-0.39, 0.29) is 26.4 Å². The first-order chi connectivity index (χ1) is 15.9. The summed E-state index contributed by atoms with van der Waals surface area (Å²) in [6.45, 7) is 6.46. The summed E-state index contributed by atoms with van der Waals surface area (Å²) in [5.74, 6) is 0. The van der Waals surface area contributed by atoms with E-state index < -0.39 is 11.2 Å². The van der Waals surface area contributed by atoms with Crippen molar-refractivity contribution >= 4 is 0 Å². The van der Waals surface area contributed by atoms with Gasteiger partial charge in [0.05, 0.1) is 66.1 Å². The van der Waals surface area contributed by atoms with Crippen molar-refractivity contribution in [2.45, 2.75) is 38.3 Å². The van der Waals surface area contributed by atoms with Crippen LogP contribution in [0.3, 0.4) is 0 Å². The van der Waals surface area contributed by atoms with E-state index in [9.17, 15) is 10.2 Å². The van der Waals surface area contributed by atoms with Crippen molar-refractivity contribution in [1.82, 2.24) is 0 Å². The van der Waals surface area contributed by atoms with Crippen molar-refractivity contribution in [2.24, 2.45) is 0 Å². The Morgan fingerprint density at radius 2 is 0.848 bits per heavy atom. The van der Waals surface area contributed by atoms with E-state index in [1.807, 2.05) is 60.7 Å². The Kier molecular flexibility index (Phi) is 12.6. The van der Waals surface area contributed by atoms with Gasteiger partial charge in [0.1, 0.15) is 11.2 Å². The highest BCUT2D eigenvalue weighted by Gasteiger charge is 2.22. The molecule has 0 fully saturated rings. The van der Waals surface area contributed by atoms with E-state index in [0.717, 1.165) is 11.1 Å². The molecule has 0 unspecified atom stereocenters. The Labute approximate surface area is 197 Å². The summed E-state index contributed by atoms with van der Waals surface area (Å²) in [6, 6.07) is 19.6. The molecule has 2 atom stereocenters. The van der Waals surface area contributed by atoms with Gasteiger partial charge in [-0.25, -0.2) is 0 Å². The maximum atomic E-state index is 10.3. The molecule has 0 saturated carbocycles. The second kappa shape index (κ2) is 15.1. The largest absolute Gasteiger partial charge is 0.385 e. The van der Waals surface area contributed by atoms with E-state index in [4.69, 9.17) is 23.7 Å². The van der Waals surface area contributed by atoms with E-state index in [0.29, 0.717) is 39.6 Å². The molecule has 2 rings (SSSR count). The molecule has 33 heavy (non-hydrogen) atoms. The first-order valence-corrected chi connectivity index (χ1v) is 11.3. The molecule has 0 aliphatic heterocycles. The highest BCUT2D eigenvalue weighted by Crippen LogP contribution is 2.09. The zero-order valence-electron chi connectivity index (χ0n) is 19.8. The number of hydrogen-bond acceptors (Lipinski definition) is 7. The standard InChI is InChI=1S/C26H38O7/c1-25(27,21-32-17-23-9-5-3-6-10-23)19-30-15-13-29-14-16-31-20-26(2,28)22-33-18-24-11-7-4-8-12-24/h3-12,27-28H,13-22H2,1-2H3/t25-,26-/m1/s1. The van der Waals surface area contributed by atoms with Crippen LogP contribution in [-0.4, -0.2) is 74.3 Å². The Morgan fingerprint density at radius 3 is 1.24 bits per heavy atom. The van der Waals surface area contributed by atoms with Gasteiger partial charge in [-0.05, 0) is 25.0 Å². The molecule has 7 nitrogen and oxygen atoms in total. The lowest BCUT2D eigenvalue weighted by Gasteiger charge is -2.23. The van der Waals surface area contributed by atoms with Crippen molar-refractivity contribution in [1.29, 1.82) is 0 Å². The summed E-state index contributed by atoms with van der Waals surface area (Å²) in [7, 11) is 0. The van der Waals surface area contributed by atoms with Gasteiger partial charge in [0.2, 0.25) is 0 Å². The second-order valence-electron chi connectivity index (χ2n) is 8.67. The van der Waals surface area contributed by atoms with Gasteiger partial charge in [-0.3, -0.25) is 0 Å². The average Bonchev–Trinajstić information content (AvgIpc) is 2.79. The SMILES string of the molecule is C[C@@](O)(COCCOCCOC[C@@](C)(O)COCc1ccccc1)COCc1ccccc1. The fraction of sp³-hybridized carbons (Fsp3) is 0.538. The monoisotopic (exact) mass is 462 g/mol. The van der Waals surface area contributed by atoms with Crippen molar-refractivity contribution in [2.75, 3.05) is 52.9 Å². The first kappa shape index (κ1) is 27.4. The van der Waals surface area contributed by atoms with Crippen molar-refractivity contribution in [3.05, 3.63) is 71.8 Å². The van der Waals surface area contributed by atoms with Crippen LogP contribution in [0.2, 0.25) is 0 Å². The molecule has 2 N–H and O–H groups in total. The van der Waals surface area contributed by atoms with Crippen LogP contribution >= 0.6 is 0 Å². The molecule has 0 aromatic heterocycles. The third kappa shape index (κ3) is 13.5. The molecule has 0 radical (unpaired) electrons. The number of ether oxygens (including phenoxy) is 5. The van der Waals surface area contributed by atoms with Crippen molar-refractivity contribution < 1.29 is 33.9 Å². The summed E-state index contributed by atoms with van der Waals surface area (Å²) in [5.41, 5.74) is -0.00454. The lowest BCUT2D eigenvalue weighted by molar-refractivity contribution is -0.102. The van der Waals surface area contributed by atoms with Gasteiger partial charge in [-0.1, -0.05) is 60.7 Å². The van der Waals surface area contributed by atoms with Crippen LogP contribution in [-0.2, 0) is 36.9 Å². The quantitative estimate of drug-likeness (QED) is 0.329. The maximum absolute atomic E-state index is 10.3.